The third-order valence-electron chi connectivity index (χ3n) is 3.10. The normalized spacial score (nSPS) is 19.3. The fourth-order valence-corrected chi connectivity index (χ4v) is 3.00. The average molecular weight is 220 g/mol. The van der Waals surface area contributed by atoms with Gasteiger partial charge in [0.1, 0.15) is 10.4 Å². The monoisotopic (exact) mass is 220 g/mol. The second kappa shape index (κ2) is 3.31. The molecule has 1 heterocycles. The molecule has 1 aliphatic rings. The Morgan fingerprint density at radius 3 is 2.47 bits per heavy atom. The predicted molar refractivity (Wildman–Crippen MR) is 62.0 cm³/mol. The van der Waals surface area contributed by atoms with Crippen LogP contribution in [0.5, 0.6) is 0 Å². The number of hydrogen-bond donors (Lipinski definition) is 0. The van der Waals surface area contributed by atoms with Crippen LogP contribution in [0.25, 0.3) is 0 Å². The highest BCUT2D eigenvalue weighted by Gasteiger charge is 2.42. The summed E-state index contributed by atoms with van der Waals surface area (Å²) in [4.78, 5) is 4.64. The topological polar surface area (TPSA) is 36.7 Å². The Hall–Kier alpha value is -0.880. The standard InChI is InChI=1S/C12H16N2S/c1-11(2,3)9-7-15-10(14-9)12(8-13)5-4-6-12/h7H,4-6H2,1-3H3. The number of hydrogen-bond acceptors (Lipinski definition) is 3. The summed E-state index contributed by atoms with van der Waals surface area (Å²) < 4.78 is 0. The number of nitriles is 1. The molecular weight excluding hydrogens is 204 g/mol. The van der Waals surface area contributed by atoms with E-state index in [2.05, 4.69) is 37.2 Å². The summed E-state index contributed by atoms with van der Waals surface area (Å²) in [7, 11) is 0. The van der Waals surface area contributed by atoms with Crippen molar-refractivity contribution in [3.63, 3.8) is 0 Å². The maximum Gasteiger partial charge on any atom is 0.113 e. The molecule has 80 valence electrons. The second-order valence-corrected chi connectivity index (χ2v) is 6.19. The lowest BCUT2D eigenvalue weighted by molar-refractivity contribution is 0.321. The van der Waals surface area contributed by atoms with Crippen molar-refractivity contribution in [1.29, 1.82) is 5.26 Å². The Bertz CT molecular complexity index is 402. The highest BCUT2D eigenvalue weighted by Crippen LogP contribution is 2.44. The summed E-state index contributed by atoms with van der Waals surface area (Å²) in [5, 5.41) is 12.4. The van der Waals surface area contributed by atoms with Crippen LogP contribution in [0, 0.1) is 11.3 Å². The zero-order valence-corrected chi connectivity index (χ0v) is 10.3. The molecule has 1 aromatic rings. The van der Waals surface area contributed by atoms with Gasteiger partial charge in [0.15, 0.2) is 0 Å². The smallest absolute Gasteiger partial charge is 0.113 e. The van der Waals surface area contributed by atoms with Gasteiger partial charge >= 0.3 is 0 Å². The highest BCUT2D eigenvalue weighted by molar-refractivity contribution is 7.09. The summed E-state index contributed by atoms with van der Waals surface area (Å²) in [5.41, 5.74) is 0.965. The molecule has 0 atom stereocenters. The molecule has 3 heteroatoms. The summed E-state index contributed by atoms with van der Waals surface area (Å²) in [5.74, 6) is 0. The molecule has 1 saturated carbocycles. The van der Waals surface area contributed by atoms with Gasteiger partial charge in [-0.2, -0.15) is 5.26 Å². The van der Waals surface area contributed by atoms with Gasteiger partial charge < -0.3 is 0 Å². The van der Waals surface area contributed by atoms with Crippen LogP contribution in [-0.4, -0.2) is 4.98 Å². The summed E-state index contributed by atoms with van der Waals surface area (Å²) >= 11 is 1.65. The summed E-state index contributed by atoms with van der Waals surface area (Å²) in [6, 6.07) is 2.44. The SMILES string of the molecule is CC(C)(C)c1csc(C2(C#N)CCC2)n1. The predicted octanol–water partition coefficient (Wildman–Crippen LogP) is 3.39. The molecule has 0 aromatic carbocycles. The van der Waals surface area contributed by atoms with Crippen LogP contribution < -0.4 is 0 Å². The van der Waals surface area contributed by atoms with Gasteiger partial charge in [0, 0.05) is 10.8 Å². The van der Waals surface area contributed by atoms with Gasteiger partial charge in [-0.1, -0.05) is 20.8 Å². The molecule has 1 fully saturated rings. The number of aromatic nitrogens is 1. The van der Waals surface area contributed by atoms with Crippen LogP contribution in [-0.2, 0) is 10.8 Å². The lowest BCUT2D eigenvalue weighted by atomic mass is 9.70. The Morgan fingerprint density at radius 2 is 2.13 bits per heavy atom. The van der Waals surface area contributed by atoms with Crippen LogP contribution in [0.2, 0.25) is 0 Å². The molecule has 0 bridgehead atoms. The van der Waals surface area contributed by atoms with Gasteiger partial charge in [0.25, 0.3) is 0 Å². The van der Waals surface area contributed by atoms with Crippen molar-refractivity contribution in [2.45, 2.75) is 50.9 Å². The van der Waals surface area contributed by atoms with Gasteiger partial charge in [-0.15, -0.1) is 11.3 Å². The first kappa shape index (κ1) is 10.6. The molecule has 0 saturated heterocycles. The Kier molecular flexibility index (Phi) is 2.35. The van der Waals surface area contributed by atoms with Gasteiger partial charge in [-0.25, -0.2) is 4.98 Å². The second-order valence-electron chi connectivity index (χ2n) is 5.34. The molecule has 0 N–H and O–H groups in total. The molecule has 0 unspecified atom stereocenters. The molecular formula is C12H16N2S. The first-order chi connectivity index (χ1) is 6.98. The minimum atomic E-state index is -0.242. The van der Waals surface area contributed by atoms with Gasteiger partial charge in [0.2, 0.25) is 0 Å². The minimum absolute atomic E-state index is 0.0924. The van der Waals surface area contributed by atoms with E-state index in [-0.39, 0.29) is 10.8 Å². The van der Waals surface area contributed by atoms with Crippen LogP contribution in [0.4, 0.5) is 0 Å². The molecule has 0 aliphatic heterocycles. The fourth-order valence-electron chi connectivity index (χ4n) is 1.74. The largest absolute Gasteiger partial charge is 0.244 e. The zero-order valence-electron chi connectivity index (χ0n) is 9.50. The number of nitrogens with zero attached hydrogens (tertiary/aromatic N) is 2. The van der Waals surface area contributed by atoms with Gasteiger partial charge in [-0.05, 0) is 19.3 Å². The van der Waals surface area contributed by atoms with E-state index in [0.29, 0.717) is 0 Å². The zero-order chi connectivity index (χ0) is 11.1. The third-order valence-corrected chi connectivity index (χ3v) is 4.15. The molecule has 0 spiro atoms. The van der Waals surface area contributed by atoms with Crippen molar-refractivity contribution in [2.24, 2.45) is 0 Å². The molecule has 2 rings (SSSR count). The van der Waals surface area contributed by atoms with Crippen molar-refractivity contribution in [3.8, 4) is 6.07 Å². The number of rotatable bonds is 1. The molecule has 1 aliphatic carbocycles. The lowest BCUT2D eigenvalue weighted by Gasteiger charge is -2.32. The first-order valence-electron chi connectivity index (χ1n) is 5.36. The Morgan fingerprint density at radius 1 is 1.47 bits per heavy atom. The van der Waals surface area contributed by atoms with Crippen molar-refractivity contribution in [1.82, 2.24) is 4.98 Å². The van der Waals surface area contributed by atoms with Crippen molar-refractivity contribution in [3.05, 3.63) is 16.1 Å². The van der Waals surface area contributed by atoms with Gasteiger partial charge in [0.05, 0.1) is 11.8 Å². The van der Waals surface area contributed by atoms with Crippen molar-refractivity contribution in [2.75, 3.05) is 0 Å². The number of thiazole rings is 1. The molecule has 0 amide bonds. The first-order valence-corrected chi connectivity index (χ1v) is 6.24. The van der Waals surface area contributed by atoms with Gasteiger partial charge in [-0.3, -0.25) is 0 Å². The van der Waals surface area contributed by atoms with E-state index in [4.69, 9.17) is 0 Å². The molecule has 0 radical (unpaired) electrons. The van der Waals surface area contributed by atoms with E-state index < -0.39 is 0 Å². The molecule has 2 nitrogen and oxygen atoms in total. The minimum Gasteiger partial charge on any atom is -0.244 e. The summed E-state index contributed by atoms with van der Waals surface area (Å²) in [6.07, 6.45) is 3.14. The average Bonchev–Trinajstić information content (AvgIpc) is 2.51. The highest BCUT2D eigenvalue weighted by atomic mass is 32.1. The van der Waals surface area contributed by atoms with Crippen LogP contribution in [0.1, 0.15) is 50.7 Å². The van der Waals surface area contributed by atoms with Crippen LogP contribution in [0.15, 0.2) is 5.38 Å². The molecule has 1 aromatic heterocycles. The Labute approximate surface area is 95.0 Å². The van der Waals surface area contributed by atoms with Crippen molar-refractivity contribution < 1.29 is 0 Å². The quantitative estimate of drug-likeness (QED) is 0.727. The maximum atomic E-state index is 9.22. The fraction of sp³-hybridized carbons (Fsp3) is 0.667. The lowest BCUT2D eigenvalue weighted by Crippen LogP contribution is -2.32. The Balaban J connectivity index is 2.32. The maximum absolute atomic E-state index is 9.22. The van der Waals surface area contributed by atoms with E-state index in [9.17, 15) is 5.26 Å². The third kappa shape index (κ3) is 1.68. The summed E-state index contributed by atoms with van der Waals surface area (Å²) in [6.45, 7) is 6.48. The van der Waals surface area contributed by atoms with Crippen molar-refractivity contribution >= 4 is 11.3 Å². The van der Waals surface area contributed by atoms with E-state index in [1.807, 2.05) is 0 Å². The van der Waals surface area contributed by atoms with Crippen LogP contribution >= 0.6 is 11.3 Å². The van der Waals surface area contributed by atoms with E-state index in [1.54, 1.807) is 11.3 Å². The van der Waals surface area contributed by atoms with Crippen LogP contribution in [0.3, 0.4) is 0 Å². The van der Waals surface area contributed by atoms with E-state index >= 15 is 0 Å². The molecule has 15 heavy (non-hydrogen) atoms. The van der Waals surface area contributed by atoms with E-state index in [1.165, 1.54) is 0 Å². The van der Waals surface area contributed by atoms with E-state index in [0.717, 1.165) is 30.0 Å².